The number of aryl methyl sites for hydroxylation is 1. The van der Waals surface area contributed by atoms with Crippen LogP contribution in [0, 0.1) is 6.92 Å². The second kappa shape index (κ2) is 8.55. The third kappa shape index (κ3) is 5.16. The molecule has 0 aliphatic carbocycles. The van der Waals surface area contributed by atoms with Gasteiger partial charge in [0.15, 0.2) is 10.4 Å². The van der Waals surface area contributed by atoms with Gasteiger partial charge in [-0.2, -0.15) is 0 Å². The lowest BCUT2D eigenvalue weighted by atomic mass is 10.1. The van der Waals surface area contributed by atoms with E-state index in [1.165, 1.54) is 7.11 Å². The molecule has 2 heterocycles. The summed E-state index contributed by atoms with van der Waals surface area (Å²) in [6.07, 6.45) is 0.0181. The Morgan fingerprint density at radius 1 is 1.41 bits per heavy atom. The van der Waals surface area contributed by atoms with Crippen LogP contribution in [0.2, 0.25) is 0 Å². The second-order valence-corrected chi connectivity index (χ2v) is 10.2. The van der Waals surface area contributed by atoms with E-state index in [-0.39, 0.29) is 17.4 Å². The van der Waals surface area contributed by atoms with Crippen molar-refractivity contribution in [1.29, 1.82) is 0 Å². The molecule has 1 N–H and O–H groups in total. The van der Waals surface area contributed by atoms with Crippen LogP contribution in [0.3, 0.4) is 0 Å². The number of fused-ring (bicyclic) bond motifs is 1. The number of hydrogen-bond acceptors (Lipinski definition) is 10. The average molecular weight is 459 g/mol. The highest BCUT2D eigenvalue weighted by molar-refractivity contribution is 8.01. The molecule has 156 valence electrons. The van der Waals surface area contributed by atoms with Gasteiger partial charge in [-0.25, -0.2) is 8.42 Å². The molecule has 0 spiro atoms. The van der Waals surface area contributed by atoms with Crippen LogP contribution in [0.25, 0.3) is 0 Å². The molecule has 29 heavy (non-hydrogen) atoms. The molecule has 2 aromatic rings. The Hall–Kier alpha value is -2.38. The first-order chi connectivity index (χ1) is 13.7. The third-order valence-electron chi connectivity index (χ3n) is 3.85. The first-order valence-electron chi connectivity index (χ1n) is 8.26. The fourth-order valence-electron chi connectivity index (χ4n) is 2.50. The third-order valence-corrected chi connectivity index (χ3v) is 6.95. The summed E-state index contributed by atoms with van der Waals surface area (Å²) >= 11 is 2.22. The van der Waals surface area contributed by atoms with Gasteiger partial charge >= 0.3 is 5.97 Å². The molecular formula is C16H18N4O6S3. The predicted molar refractivity (Wildman–Crippen MR) is 109 cm³/mol. The summed E-state index contributed by atoms with van der Waals surface area (Å²) in [5.41, 5.74) is 1.27. The van der Waals surface area contributed by atoms with Crippen LogP contribution in [-0.2, 0) is 24.3 Å². The normalized spacial score (nSPS) is 16.0. The van der Waals surface area contributed by atoms with Crippen molar-refractivity contribution in [3.63, 3.8) is 0 Å². The van der Waals surface area contributed by atoms with Crippen LogP contribution < -0.4 is 14.4 Å². The molecule has 0 bridgehead atoms. The Kier molecular flexibility index (Phi) is 6.29. The Balaban J connectivity index is 1.72. The molecular weight excluding hydrogens is 440 g/mol. The van der Waals surface area contributed by atoms with Crippen molar-refractivity contribution in [2.75, 3.05) is 35.3 Å². The maximum Gasteiger partial charge on any atom is 0.316 e. The number of carbonyl (C=O) groups is 2. The van der Waals surface area contributed by atoms with Crippen LogP contribution in [-0.4, -0.2) is 62.3 Å². The van der Waals surface area contributed by atoms with Gasteiger partial charge in [0.25, 0.3) is 5.91 Å². The molecule has 0 radical (unpaired) electrons. The minimum atomic E-state index is -3.61. The van der Waals surface area contributed by atoms with Gasteiger partial charge in [0.2, 0.25) is 15.2 Å². The Morgan fingerprint density at radius 3 is 2.86 bits per heavy atom. The van der Waals surface area contributed by atoms with E-state index in [9.17, 15) is 18.0 Å². The number of nitrogens with zero attached hydrogens (tertiary/aromatic N) is 3. The number of rotatable bonds is 6. The smallest absolute Gasteiger partial charge is 0.316 e. The minimum Gasteiger partial charge on any atom is -0.476 e. The lowest BCUT2D eigenvalue weighted by Crippen LogP contribution is -2.48. The van der Waals surface area contributed by atoms with Crippen molar-refractivity contribution in [2.24, 2.45) is 0 Å². The van der Waals surface area contributed by atoms with Crippen molar-refractivity contribution >= 4 is 55.8 Å². The quantitative estimate of drug-likeness (QED) is 0.387. The number of methoxy groups -OCH3 is 1. The van der Waals surface area contributed by atoms with Gasteiger partial charge in [-0.1, -0.05) is 29.2 Å². The average Bonchev–Trinajstić information content (AvgIpc) is 3.11. The molecule has 1 aliphatic rings. The highest BCUT2D eigenvalue weighted by atomic mass is 32.2. The molecule has 0 fully saturated rings. The van der Waals surface area contributed by atoms with E-state index in [2.05, 4.69) is 20.3 Å². The molecule has 1 atom stereocenters. The van der Waals surface area contributed by atoms with E-state index in [1.807, 2.05) is 6.92 Å². The Morgan fingerprint density at radius 2 is 2.17 bits per heavy atom. The molecule has 0 saturated heterocycles. The van der Waals surface area contributed by atoms with Gasteiger partial charge < -0.3 is 9.47 Å². The summed E-state index contributed by atoms with van der Waals surface area (Å²) in [5.74, 6) is -0.574. The van der Waals surface area contributed by atoms with Gasteiger partial charge in [0.1, 0.15) is 5.75 Å². The molecule has 1 aliphatic heterocycles. The topological polar surface area (TPSA) is 128 Å². The fraction of sp³-hybridized carbons (Fsp3) is 0.375. The van der Waals surface area contributed by atoms with E-state index >= 15 is 0 Å². The highest BCUT2D eigenvalue weighted by Crippen LogP contribution is 2.36. The monoisotopic (exact) mass is 458 g/mol. The number of nitrogens with one attached hydrogen (secondary N) is 1. The molecule has 1 aromatic carbocycles. The van der Waals surface area contributed by atoms with Crippen molar-refractivity contribution in [1.82, 2.24) is 10.2 Å². The lowest BCUT2D eigenvalue weighted by Gasteiger charge is -2.34. The van der Waals surface area contributed by atoms with Gasteiger partial charge in [-0.3, -0.25) is 19.2 Å². The van der Waals surface area contributed by atoms with Crippen LogP contribution in [0.4, 0.5) is 10.8 Å². The molecule has 13 heteroatoms. The number of thioether (sulfide) groups is 1. The summed E-state index contributed by atoms with van der Waals surface area (Å²) in [5, 5.41) is 10.5. The molecule has 1 aromatic heterocycles. The first-order valence-corrected chi connectivity index (χ1v) is 11.9. The standard InChI is InChI=1S/C16H18N4O6S3/c1-9-4-5-11-10(6-9)20(29(3,23)24)7-12(26-11)14(22)17-15-18-19-16(28-15)27-8-13(21)25-2/h4-6,12H,7-8H2,1-3H3,(H,17,18,22)/t12-/m1/s1. The van der Waals surface area contributed by atoms with Crippen LogP contribution in [0.5, 0.6) is 5.75 Å². The van der Waals surface area contributed by atoms with E-state index in [1.54, 1.807) is 18.2 Å². The van der Waals surface area contributed by atoms with Crippen LogP contribution in [0.1, 0.15) is 5.56 Å². The van der Waals surface area contributed by atoms with Crippen molar-refractivity contribution in [2.45, 2.75) is 17.4 Å². The van der Waals surface area contributed by atoms with Crippen molar-refractivity contribution in [3.8, 4) is 5.75 Å². The molecule has 10 nitrogen and oxygen atoms in total. The zero-order chi connectivity index (χ0) is 21.2. The number of carbonyl (C=O) groups excluding carboxylic acids is 2. The van der Waals surface area contributed by atoms with E-state index in [0.29, 0.717) is 15.8 Å². The zero-order valence-corrected chi connectivity index (χ0v) is 18.2. The fourth-order valence-corrected chi connectivity index (χ4v) is 4.99. The number of ether oxygens (including phenoxy) is 2. The van der Waals surface area contributed by atoms with E-state index < -0.39 is 28.0 Å². The number of esters is 1. The SMILES string of the molecule is COC(=O)CSc1nnc(NC(=O)[C@H]2CN(S(C)(=O)=O)c3cc(C)ccc3O2)s1. The summed E-state index contributed by atoms with van der Waals surface area (Å²) in [6, 6.07) is 5.10. The molecule has 3 rings (SSSR count). The van der Waals surface area contributed by atoms with Gasteiger partial charge in [-0.15, -0.1) is 10.2 Å². The van der Waals surface area contributed by atoms with Gasteiger partial charge in [0.05, 0.1) is 31.4 Å². The Labute approximate surface area is 175 Å². The van der Waals surface area contributed by atoms with Gasteiger partial charge in [0, 0.05) is 0 Å². The first kappa shape index (κ1) is 21.3. The van der Waals surface area contributed by atoms with E-state index in [4.69, 9.17) is 4.74 Å². The minimum absolute atomic E-state index is 0.0737. The van der Waals surface area contributed by atoms with E-state index in [0.717, 1.165) is 39.2 Å². The molecule has 1 amide bonds. The summed E-state index contributed by atoms with van der Waals surface area (Å²) in [4.78, 5) is 23.8. The number of anilines is 2. The number of sulfonamides is 1. The second-order valence-electron chi connectivity index (χ2n) is 6.10. The number of amides is 1. The molecule has 0 unspecified atom stereocenters. The zero-order valence-electron chi connectivity index (χ0n) is 15.7. The summed E-state index contributed by atoms with van der Waals surface area (Å²) < 4.78 is 36.3. The predicted octanol–water partition coefficient (Wildman–Crippen LogP) is 1.28. The van der Waals surface area contributed by atoms with Crippen LogP contribution in [0.15, 0.2) is 22.5 Å². The maximum absolute atomic E-state index is 12.6. The largest absolute Gasteiger partial charge is 0.476 e. The van der Waals surface area contributed by atoms with Crippen molar-refractivity contribution < 1.29 is 27.5 Å². The van der Waals surface area contributed by atoms with Crippen molar-refractivity contribution in [3.05, 3.63) is 23.8 Å². The number of aromatic nitrogens is 2. The van der Waals surface area contributed by atoms with Crippen LogP contribution >= 0.6 is 23.1 Å². The highest BCUT2D eigenvalue weighted by Gasteiger charge is 2.35. The molecule has 0 saturated carbocycles. The lowest BCUT2D eigenvalue weighted by molar-refractivity contribution is -0.137. The maximum atomic E-state index is 12.6. The van der Waals surface area contributed by atoms with Gasteiger partial charge in [-0.05, 0) is 24.6 Å². The number of hydrogen-bond donors (Lipinski definition) is 1. The summed E-state index contributed by atoms with van der Waals surface area (Å²) in [6.45, 7) is 1.68. The number of benzene rings is 1. The summed E-state index contributed by atoms with van der Waals surface area (Å²) in [7, 11) is -2.32. The Bertz CT molecular complexity index is 1040.